The predicted molar refractivity (Wildman–Crippen MR) is 104 cm³/mol. The first-order chi connectivity index (χ1) is 12.8. The molecule has 26 heavy (non-hydrogen) atoms. The molecule has 4 aromatic rings. The molecule has 0 amide bonds. The second-order valence-electron chi connectivity index (χ2n) is 6.23. The molecule has 0 spiro atoms. The van der Waals surface area contributed by atoms with E-state index in [-0.39, 0.29) is 0 Å². The first-order valence-corrected chi connectivity index (χ1v) is 8.82. The molecule has 0 aliphatic heterocycles. The van der Waals surface area contributed by atoms with E-state index in [0.29, 0.717) is 6.54 Å². The molecule has 2 heterocycles. The third kappa shape index (κ3) is 2.94. The summed E-state index contributed by atoms with van der Waals surface area (Å²) in [7, 11) is 1.68. The maximum absolute atomic E-state index is 5.27. The van der Waals surface area contributed by atoms with Crippen molar-refractivity contribution >= 4 is 11.2 Å². The van der Waals surface area contributed by atoms with E-state index in [1.807, 2.05) is 36.5 Å². The zero-order chi connectivity index (χ0) is 17.9. The van der Waals surface area contributed by atoms with Crippen LogP contribution in [0.3, 0.4) is 0 Å². The summed E-state index contributed by atoms with van der Waals surface area (Å²) >= 11 is 0. The van der Waals surface area contributed by atoms with Gasteiger partial charge < -0.3 is 9.30 Å². The summed E-state index contributed by atoms with van der Waals surface area (Å²) in [6.07, 6.45) is 2.81. The van der Waals surface area contributed by atoms with Crippen molar-refractivity contribution in [3.05, 3.63) is 78.0 Å². The quantitative estimate of drug-likeness (QED) is 0.526. The van der Waals surface area contributed by atoms with E-state index >= 15 is 0 Å². The fourth-order valence-electron chi connectivity index (χ4n) is 3.22. The number of methoxy groups -OCH3 is 1. The molecule has 0 unspecified atom stereocenters. The summed E-state index contributed by atoms with van der Waals surface area (Å²) in [5, 5.41) is 0. The maximum atomic E-state index is 5.27. The average Bonchev–Trinajstić information content (AvgIpc) is 3.08. The third-order valence-electron chi connectivity index (χ3n) is 4.63. The number of hydrogen-bond acceptors (Lipinski definition) is 3. The number of fused-ring (bicyclic) bond motifs is 1. The van der Waals surface area contributed by atoms with E-state index in [1.165, 1.54) is 11.1 Å². The molecule has 130 valence electrons. The smallest absolute Gasteiger partial charge is 0.160 e. The lowest BCUT2D eigenvalue weighted by Gasteiger charge is -2.10. The molecular weight excluding hydrogens is 322 g/mol. The molecule has 4 nitrogen and oxygen atoms in total. The fraction of sp³-hybridized carbons (Fsp3) is 0.182. The van der Waals surface area contributed by atoms with E-state index in [0.717, 1.165) is 34.7 Å². The standard InChI is InChI=1S/C22H21N3O/c1-3-17-13-14-23-22-20(17)24-21(18-7-5-4-6-8-18)25(22)15-16-9-11-19(26-2)12-10-16/h4-14H,3,15H2,1-2H3. The molecule has 0 bridgehead atoms. The minimum atomic E-state index is 0.713. The van der Waals surface area contributed by atoms with Crippen LogP contribution >= 0.6 is 0 Å². The maximum Gasteiger partial charge on any atom is 0.160 e. The van der Waals surface area contributed by atoms with E-state index in [4.69, 9.17) is 9.72 Å². The monoisotopic (exact) mass is 343 g/mol. The number of benzene rings is 2. The predicted octanol–water partition coefficient (Wildman–Crippen LogP) is 4.72. The zero-order valence-electron chi connectivity index (χ0n) is 15.0. The second-order valence-corrected chi connectivity index (χ2v) is 6.23. The Bertz CT molecular complexity index is 1020. The van der Waals surface area contributed by atoms with Crippen LogP contribution in [0, 0.1) is 0 Å². The van der Waals surface area contributed by atoms with Crippen LogP contribution in [0.1, 0.15) is 18.1 Å². The average molecular weight is 343 g/mol. The topological polar surface area (TPSA) is 39.9 Å². The molecule has 2 aromatic heterocycles. The minimum absolute atomic E-state index is 0.713. The van der Waals surface area contributed by atoms with Gasteiger partial charge in [0.1, 0.15) is 17.1 Å². The van der Waals surface area contributed by atoms with Crippen LogP contribution < -0.4 is 4.74 Å². The molecule has 0 radical (unpaired) electrons. The normalized spacial score (nSPS) is 11.0. The lowest BCUT2D eigenvalue weighted by atomic mass is 10.2. The van der Waals surface area contributed by atoms with E-state index < -0.39 is 0 Å². The molecule has 0 aliphatic rings. The molecule has 4 heteroatoms. The van der Waals surface area contributed by atoms with Crippen LogP contribution in [-0.4, -0.2) is 21.6 Å². The highest BCUT2D eigenvalue weighted by Crippen LogP contribution is 2.27. The summed E-state index contributed by atoms with van der Waals surface area (Å²) in [6, 6.07) is 20.5. The van der Waals surface area contributed by atoms with Gasteiger partial charge in [-0.25, -0.2) is 9.97 Å². The van der Waals surface area contributed by atoms with Crippen molar-refractivity contribution in [3.8, 4) is 17.1 Å². The van der Waals surface area contributed by atoms with E-state index in [1.54, 1.807) is 7.11 Å². The van der Waals surface area contributed by atoms with Crippen LogP contribution in [0.4, 0.5) is 0 Å². The fourth-order valence-corrected chi connectivity index (χ4v) is 3.22. The van der Waals surface area contributed by atoms with Crippen molar-refractivity contribution in [2.75, 3.05) is 7.11 Å². The Morgan fingerprint density at radius 1 is 0.962 bits per heavy atom. The molecule has 0 saturated heterocycles. The van der Waals surface area contributed by atoms with E-state index in [2.05, 4.69) is 46.8 Å². The molecule has 0 fully saturated rings. The summed E-state index contributed by atoms with van der Waals surface area (Å²) in [5.74, 6) is 1.81. The lowest BCUT2D eigenvalue weighted by Crippen LogP contribution is -2.03. The molecular formula is C22H21N3O. The minimum Gasteiger partial charge on any atom is -0.497 e. The molecule has 4 rings (SSSR count). The van der Waals surface area contributed by atoms with Gasteiger partial charge in [-0.3, -0.25) is 0 Å². The number of aryl methyl sites for hydroxylation is 1. The number of ether oxygens (including phenoxy) is 1. The van der Waals surface area contributed by atoms with Gasteiger partial charge >= 0.3 is 0 Å². The van der Waals surface area contributed by atoms with Crippen LogP contribution in [0.2, 0.25) is 0 Å². The number of pyridine rings is 1. The summed E-state index contributed by atoms with van der Waals surface area (Å²) in [5.41, 5.74) is 5.43. The first kappa shape index (κ1) is 16.3. The van der Waals surface area contributed by atoms with Crippen LogP contribution in [0.25, 0.3) is 22.6 Å². The molecule has 2 aromatic carbocycles. The van der Waals surface area contributed by atoms with Gasteiger partial charge in [-0.2, -0.15) is 0 Å². The number of aromatic nitrogens is 3. The van der Waals surface area contributed by atoms with Crippen molar-refractivity contribution in [3.63, 3.8) is 0 Å². The number of nitrogens with zero attached hydrogens (tertiary/aromatic N) is 3. The van der Waals surface area contributed by atoms with Gasteiger partial charge in [0.15, 0.2) is 5.65 Å². The van der Waals surface area contributed by atoms with Crippen LogP contribution in [0.15, 0.2) is 66.9 Å². The van der Waals surface area contributed by atoms with Gasteiger partial charge in [0.05, 0.1) is 13.7 Å². The highest BCUT2D eigenvalue weighted by atomic mass is 16.5. The van der Waals surface area contributed by atoms with Crippen molar-refractivity contribution in [2.45, 2.75) is 19.9 Å². The summed E-state index contributed by atoms with van der Waals surface area (Å²) in [4.78, 5) is 9.60. The number of imidazole rings is 1. The Morgan fingerprint density at radius 2 is 1.73 bits per heavy atom. The Balaban J connectivity index is 1.87. The van der Waals surface area contributed by atoms with Crippen molar-refractivity contribution in [1.29, 1.82) is 0 Å². The van der Waals surface area contributed by atoms with Crippen LogP contribution in [0.5, 0.6) is 5.75 Å². The molecule has 0 N–H and O–H groups in total. The molecule has 0 aliphatic carbocycles. The SMILES string of the molecule is CCc1ccnc2c1nc(-c1ccccc1)n2Cc1ccc(OC)cc1. The third-order valence-corrected chi connectivity index (χ3v) is 4.63. The van der Waals surface area contributed by atoms with Crippen molar-refractivity contribution in [1.82, 2.24) is 14.5 Å². The Morgan fingerprint density at radius 3 is 2.42 bits per heavy atom. The lowest BCUT2D eigenvalue weighted by molar-refractivity contribution is 0.414. The number of hydrogen-bond donors (Lipinski definition) is 0. The van der Waals surface area contributed by atoms with Gasteiger partial charge in [-0.05, 0) is 35.7 Å². The molecule has 0 saturated carbocycles. The van der Waals surface area contributed by atoms with Gasteiger partial charge in [0.2, 0.25) is 0 Å². The molecule has 0 atom stereocenters. The van der Waals surface area contributed by atoms with Crippen molar-refractivity contribution < 1.29 is 4.74 Å². The Labute approximate surface area is 153 Å². The highest BCUT2D eigenvalue weighted by Gasteiger charge is 2.16. The summed E-state index contributed by atoms with van der Waals surface area (Å²) < 4.78 is 7.47. The second kappa shape index (κ2) is 7.00. The van der Waals surface area contributed by atoms with Gasteiger partial charge in [0, 0.05) is 11.8 Å². The van der Waals surface area contributed by atoms with Gasteiger partial charge in [-0.1, -0.05) is 49.4 Å². The number of rotatable bonds is 5. The Hall–Kier alpha value is -3.14. The van der Waals surface area contributed by atoms with E-state index in [9.17, 15) is 0 Å². The largest absolute Gasteiger partial charge is 0.497 e. The van der Waals surface area contributed by atoms with Crippen molar-refractivity contribution in [2.24, 2.45) is 0 Å². The van der Waals surface area contributed by atoms with Gasteiger partial charge in [0.25, 0.3) is 0 Å². The van der Waals surface area contributed by atoms with Gasteiger partial charge in [-0.15, -0.1) is 0 Å². The first-order valence-electron chi connectivity index (χ1n) is 8.82. The zero-order valence-corrected chi connectivity index (χ0v) is 15.0. The Kier molecular flexibility index (Phi) is 4.40. The summed E-state index contributed by atoms with van der Waals surface area (Å²) in [6.45, 7) is 2.87. The highest BCUT2D eigenvalue weighted by molar-refractivity contribution is 5.80. The van der Waals surface area contributed by atoms with Crippen LogP contribution in [-0.2, 0) is 13.0 Å².